The Labute approximate surface area is 154 Å². The minimum absolute atomic E-state index is 0.231. The van der Waals surface area contributed by atoms with Gasteiger partial charge in [-0.3, -0.25) is 0 Å². The highest BCUT2D eigenvalue weighted by atomic mass is 32.2. The van der Waals surface area contributed by atoms with Crippen molar-refractivity contribution in [2.24, 2.45) is 0 Å². The maximum atomic E-state index is 14.0. The van der Waals surface area contributed by atoms with Crippen molar-refractivity contribution in [3.8, 4) is 6.07 Å². The first-order chi connectivity index (χ1) is 12.5. The van der Waals surface area contributed by atoms with Crippen molar-refractivity contribution in [3.63, 3.8) is 0 Å². The molecule has 0 bridgehead atoms. The molecule has 1 nitrogen and oxygen atoms in total. The first-order valence-corrected chi connectivity index (χ1v) is 8.84. The van der Waals surface area contributed by atoms with Gasteiger partial charge in [-0.2, -0.15) is 5.26 Å². The van der Waals surface area contributed by atoms with E-state index in [1.54, 1.807) is 18.2 Å². The molecular formula is C21H14F3NS. The highest BCUT2D eigenvalue weighted by molar-refractivity contribution is 7.99. The van der Waals surface area contributed by atoms with Crippen LogP contribution >= 0.6 is 11.8 Å². The Bertz CT molecular complexity index is 885. The van der Waals surface area contributed by atoms with Crippen LogP contribution in [-0.2, 0) is 10.5 Å². The van der Waals surface area contributed by atoms with Crippen LogP contribution in [0.4, 0.5) is 13.2 Å². The van der Waals surface area contributed by atoms with E-state index in [1.165, 1.54) is 66.4 Å². The van der Waals surface area contributed by atoms with Crippen molar-refractivity contribution >= 4 is 11.8 Å². The topological polar surface area (TPSA) is 23.8 Å². The van der Waals surface area contributed by atoms with Gasteiger partial charge in [-0.25, -0.2) is 13.2 Å². The van der Waals surface area contributed by atoms with Crippen LogP contribution in [0.1, 0.15) is 16.7 Å². The molecule has 5 heteroatoms. The van der Waals surface area contributed by atoms with Crippen molar-refractivity contribution in [2.75, 3.05) is 0 Å². The summed E-state index contributed by atoms with van der Waals surface area (Å²) in [6, 6.07) is 19.8. The van der Waals surface area contributed by atoms with Crippen molar-refractivity contribution in [3.05, 3.63) is 107 Å². The summed E-state index contributed by atoms with van der Waals surface area (Å²) in [5.74, 6) is -0.961. The molecule has 0 aliphatic heterocycles. The minimum atomic E-state index is -1.22. The molecule has 0 aliphatic carbocycles. The molecule has 0 saturated carbocycles. The predicted molar refractivity (Wildman–Crippen MR) is 96.9 cm³/mol. The largest absolute Gasteiger partial charge is 0.207 e. The van der Waals surface area contributed by atoms with Crippen LogP contribution in [0.2, 0.25) is 0 Å². The zero-order valence-corrected chi connectivity index (χ0v) is 14.4. The fraction of sp³-hybridized carbons (Fsp3) is 0.0952. The van der Waals surface area contributed by atoms with Crippen molar-refractivity contribution in [1.82, 2.24) is 0 Å². The summed E-state index contributed by atoms with van der Waals surface area (Å²) in [6.07, 6.45) is 0. The summed E-state index contributed by atoms with van der Waals surface area (Å²) in [7, 11) is 0. The molecule has 3 rings (SSSR count). The lowest BCUT2D eigenvalue weighted by atomic mass is 9.91. The van der Waals surface area contributed by atoms with E-state index in [0.29, 0.717) is 16.7 Å². The Hall–Kier alpha value is -2.71. The number of hydrogen-bond acceptors (Lipinski definition) is 2. The maximum Gasteiger partial charge on any atom is 0.153 e. The summed E-state index contributed by atoms with van der Waals surface area (Å²) < 4.78 is 39.5. The SMILES string of the molecule is N#CC(SCc1ccccc1F)(c1ccc(F)cc1)c1ccc(F)cc1. The summed E-state index contributed by atoms with van der Waals surface area (Å²) in [5.41, 5.74) is 1.56. The van der Waals surface area contributed by atoms with E-state index < -0.39 is 16.4 Å². The molecule has 0 radical (unpaired) electrons. The van der Waals surface area contributed by atoms with E-state index in [2.05, 4.69) is 6.07 Å². The van der Waals surface area contributed by atoms with Crippen molar-refractivity contribution < 1.29 is 13.2 Å². The van der Waals surface area contributed by atoms with Crippen molar-refractivity contribution in [2.45, 2.75) is 10.5 Å². The second-order valence-corrected chi connectivity index (χ2v) is 6.88. The molecule has 0 atom stereocenters. The lowest BCUT2D eigenvalue weighted by molar-refractivity contribution is 0.617. The molecule has 0 spiro atoms. The third-order valence-corrected chi connectivity index (χ3v) is 5.51. The maximum absolute atomic E-state index is 14.0. The minimum Gasteiger partial charge on any atom is -0.207 e. The highest BCUT2D eigenvalue weighted by Gasteiger charge is 2.35. The average molecular weight is 369 g/mol. The van der Waals surface area contributed by atoms with Crippen LogP contribution in [0.15, 0.2) is 72.8 Å². The zero-order chi connectivity index (χ0) is 18.6. The molecular weight excluding hydrogens is 355 g/mol. The molecule has 0 amide bonds. The van der Waals surface area contributed by atoms with Crippen LogP contribution in [0.5, 0.6) is 0 Å². The smallest absolute Gasteiger partial charge is 0.153 e. The van der Waals surface area contributed by atoms with E-state index in [-0.39, 0.29) is 11.6 Å². The van der Waals surface area contributed by atoms with Crippen LogP contribution in [-0.4, -0.2) is 0 Å². The molecule has 0 N–H and O–H groups in total. The fourth-order valence-corrected chi connectivity index (χ4v) is 3.94. The van der Waals surface area contributed by atoms with Crippen LogP contribution in [0.3, 0.4) is 0 Å². The predicted octanol–water partition coefficient (Wildman–Crippen LogP) is 5.80. The summed E-state index contributed by atoms with van der Waals surface area (Å²) >= 11 is 1.21. The lowest BCUT2D eigenvalue weighted by Crippen LogP contribution is -2.22. The number of nitrogens with zero attached hydrogens (tertiary/aromatic N) is 1. The van der Waals surface area contributed by atoms with Gasteiger partial charge in [0.05, 0.1) is 6.07 Å². The number of nitriles is 1. The molecule has 0 aliphatic rings. The van der Waals surface area contributed by atoms with Crippen molar-refractivity contribution in [1.29, 1.82) is 5.26 Å². The van der Waals surface area contributed by atoms with Gasteiger partial charge >= 0.3 is 0 Å². The number of rotatable bonds is 5. The quantitative estimate of drug-likeness (QED) is 0.567. The fourth-order valence-electron chi connectivity index (χ4n) is 2.67. The van der Waals surface area contributed by atoms with Crippen LogP contribution in [0, 0.1) is 28.8 Å². The van der Waals surface area contributed by atoms with Gasteiger partial charge in [-0.1, -0.05) is 42.5 Å². The van der Waals surface area contributed by atoms with Crippen LogP contribution in [0.25, 0.3) is 0 Å². The van der Waals surface area contributed by atoms with Gasteiger partial charge < -0.3 is 0 Å². The third-order valence-electron chi connectivity index (χ3n) is 4.06. The molecule has 0 fully saturated rings. The average Bonchev–Trinajstić information content (AvgIpc) is 2.66. The Balaban J connectivity index is 2.05. The molecule has 0 saturated heterocycles. The van der Waals surface area contributed by atoms with Gasteiger partial charge in [0.25, 0.3) is 0 Å². The van der Waals surface area contributed by atoms with Gasteiger partial charge in [0.1, 0.15) is 17.5 Å². The standard InChI is InChI=1S/C21H14F3NS/c22-18-9-5-16(6-10-18)21(14-25,17-7-11-19(23)12-8-17)26-13-15-3-1-2-4-20(15)24/h1-12H,13H2. The van der Waals surface area contributed by atoms with Gasteiger partial charge in [0.2, 0.25) is 0 Å². The second-order valence-electron chi connectivity index (χ2n) is 5.69. The third kappa shape index (κ3) is 3.61. The molecule has 0 aromatic heterocycles. The number of benzene rings is 3. The van der Waals surface area contributed by atoms with E-state index in [1.807, 2.05) is 0 Å². The molecule has 0 heterocycles. The highest BCUT2D eigenvalue weighted by Crippen LogP contribution is 2.44. The van der Waals surface area contributed by atoms with E-state index in [4.69, 9.17) is 0 Å². The Kier molecular flexibility index (Phi) is 5.34. The molecule has 3 aromatic carbocycles. The molecule has 130 valence electrons. The Morgan fingerprint density at radius 1 is 0.769 bits per heavy atom. The monoisotopic (exact) mass is 369 g/mol. The first-order valence-electron chi connectivity index (χ1n) is 7.86. The number of thioether (sulfide) groups is 1. The second kappa shape index (κ2) is 7.67. The summed E-state index contributed by atoms with van der Waals surface area (Å²) in [5, 5.41) is 10.0. The summed E-state index contributed by atoms with van der Waals surface area (Å²) in [6.45, 7) is 0. The van der Waals surface area contributed by atoms with Gasteiger partial charge in [-0.15, -0.1) is 11.8 Å². The van der Waals surface area contributed by atoms with E-state index >= 15 is 0 Å². The van der Waals surface area contributed by atoms with Crippen LogP contribution < -0.4 is 0 Å². The first kappa shape index (κ1) is 18.1. The normalized spacial score (nSPS) is 11.2. The van der Waals surface area contributed by atoms with Gasteiger partial charge in [-0.05, 0) is 47.0 Å². The lowest BCUT2D eigenvalue weighted by Gasteiger charge is -2.27. The zero-order valence-electron chi connectivity index (χ0n) is 13.6. The molecule has 26 heavy (non-hydrogen) atoms. The van der Waals surface area contributed by atoms with Gasteiger partial charge in [0.15, 0.2) is 4.75 Å². The van der Waals surface area contributed by atoms with Gasteiger partial charge in [0, 0.05) is 5.75 Å². The number of halogens is 3. The number of hydrogen-bond donors (Lipinski definition) is 0. The molecule has 0 unspecified atom stereocenters. The van der Waals surface area contributed by atoms with E-state index in [9.17, 15) is 18.4 Å². The molecule has 3 aromatic rings. The van der Waals surface area contributed by atoms with E-state index in [0.717, 1.165) is 0 Å². The summed E-state index contributed by atoms with van der Waals surface area (Å²) in [4.78, 5) is 0. The Morgan fingerprint density at radius 2 is 1.27 bits per heavy atom. The Morgan fingerprint density at radius 3 is 1.73 bits per heavy atom.